The van der Waals surface area contributed by atoms with Crippen molar-refractivity contribution in [2.24, 2.45) is 5.92 Å². The van der Waals surface area contributed by atoms with Gasteiger partial charge in [0, 0.05) is 82.4 Å². The van der Waals surface area contributed by atoms with Gasteiger partial charge in [0.1, 0.15) is 53.0 Å². The summed E-state index contributed by atoms with van der Waals surface area (Å²) in [5.74, 6) is 5.34. The van der Waals surface area contributed by atoms with Crippen LogP contribution in [0.15, 0.2) is 94.5 Å². The molecule has 0 bridgehead atoms. The van der Waals surface area contributed by atoms with Crippen molar-refractivity contribution in [2.75, 3.05) is 12.3 Å². The molecule has 3 aromatic carbocycles. The van der Waals surface area contributed by atoms with Crippen LogP contribution in [0.1, 0.15) is 72.5 Å². The van der Waals surface area contributed by atoms with Crippen molar-refractivity contribution in [3.8, 4) is 45.8 Å². The summed E-state index contributed by atoms with van der Waals surface area (Å²) >= 11 is 0. The van der Waals surface area contributed by atoms with Crippen LogP contribution in [-0.2, 0) is 47.7 Å². The fourth-order valence-electron chi connectivity index (χ4n) is 8.55. The quantitative estimate of drug-likeness (QED) is 0.00771. The monoisotopic (exact) mass is 1110 g/mol. The minimum absolute atomic E-state index is 0.0168. The molecule has 8 N–H and O–H groups in total. The number of nitrogen functional groups attached to an aromatic ring is 1. The molecule has 6 atom stereocenters. The Labute approximate surface area is 428 Å². The van der Waals surface area contributed by atoms with Gasteiger partial charge in [-0.1, -0.05) is 25.7 Å². The summed E-state index contributed by atoms with van der Waals surface area (Å²) in [7, 11) is -17.0. The number of carbonyl (C=O) groups is 2. The van der Waals surface area contributed by atoms with Crippen LogP contribution in [0.3, 0.4) is 0 Å². The zero-order valence-corrected chi connectivity index (χ0v) is 42.3. The molecule has 29 heteroatoms. The predicted molar refractivity (Wildman–Crippen MR) is 265 cm³/mol. The number of hydrogen-bond acceptors (Lipinski definition) is 20. The molecule has 0 saturated carbocycles. The molecule has 76 heavy (non-hydrogen) atoms. The Morgan fingerprint density at radius 3 is 2.50 bits per heavy atom. The fourth-order valence-corrected chi connectivity index (χ4v) is 11.6. The van der Waals surface area contributed by atoms with Crippen LogP contribution >= 0.6 is 23.5 Å². The van der Waals surface area contributed by atoms with E-state index < -0.39 is 59.5 Å². The number of ether oxygens (including phenoxy) is 3. The fraction of sp³-hybridized carbons (Fsp3) is 0.255. The Bertz CT molecular complexity index is 3660. The number of aliphatic hydroxyl groups excluding tert-OH is 1. The van der Waals surface area contributed by atoms with E-state index in [0.717, 1.165) is 6.33 Å². The van der Waals surface area contributed by atoms with Gasteiger partial charge >= 0.3 is 23.5 Å². The summed E-state index contributed by atoms with van der Waals surface area (Å²) in [5, 5.41) is 34.4. The van der Waals surface area contributed by atoms with Crippen molar-refractivity contribution in [3.63, 3.8) is 0 Å². The number of ketones is 1. The van der Waals surface area contributed by atoms with E-state index in [1.807, 2.05) is 0 Å². The second-order valence-electron chi connectivity index (χ2n) is 17.3. The number of phosphoric ester groups is 1. The van der Waals surface area contributed by atoms with Gasteiger partial charge in [-0.05, 0) is 60.5 Å². The van der Waals surface area contributed by atoms with Crippen molar-refractivity contribution in [1.82, 2.24) is 14.5 Å². The van der Waals surface area contributed by atoms with Gasteiger partial charge in [-0.2, -0.15) is 8.62 Å². The smallest absolute Gasteiger partial charge is 0.490 e. The van der Waals surface area contributed by atoms with Crippen LogP contribution in [0.25, 0.3) is 44.5 Å². The van der Waals surface area contributed by atoms with E-state index in [2.05, 4.69) is 35.0 Å². The van der Waals surface area contributed by atoms with Crippen molar-refractivity contribution in [1.29, 1.82) is 0 Å². The lowest BCUT2D eigenvalue weighted by Crippen LogP contribution is -2.26. The van der Waals surface area contributed by atoms with Crippen LogP contribution in [-0.4, -0.2) is 80.3 Å². The van der Waals surface area contributed by atoms with E-state index in [1.165, 1.54) is 59.3 Å². The van der Waals surface area contributed by atoms with E-state index in [-0.39, 0.29) is 106 Å². The summed E-state index contributed by atoms with van der Waals surface area (Å²) in [6.07, 6.45) is -2.18. The van der Waals surface area contributed by atoms with Crippen LogP contribution in [0.5, 0.6) is 11.5 Å². The van der Waals surface area contributed by atoms with Crippen LogP contribution in [0.4, 0.5) is 11.5 Å². The van der Waals surface area contributed by atoms with E-state index in [9.17, 15) is 58.2 Å². The number of phenols is 1. The number of anilines is 1. The van der Waals surface area contributed by atoms with Gasteiger partial charge in [-0.15, -0.1) is 0 Å². The highest BCUT2D eigenvalue weighted by molar-refractivity contribution is 7.66. The first-order chi connectivity index (χ1) is 35.9. The summed E-state index contributed by atoms with van der Waals surface area (Å²) in [5.41, 5.74) is 8.48. The topological polar surface area (TPSA) is 392 Å². The van der Waals surface area contributed by atoms with Crippen molar-refractivity contribution < 1.29 is 89.8 Å². The van der Waals surface area contributed by atoms with Gasteiger partial charge in [-0.3, -0.25) is 29.0 Å². The van der Waals surface area contributed by atoms with Crippen molar-refractivity contribution in [2.45, 2.75) is 64.3 Å². The molecule has 8 rings (SSSR count). The molecule has 0 radical (unpaired) electrons. The van der Waals surface area contributed by atoms with Crippen LogP contribution < -0.4 is 15.9 Å². The highest BCUT2D eigenvalue weighted by Gasteiger charge is 2.43. The summed E-state index contributed by atoms with van der Waals surface area (Å²) in [6, 6.07) is 17.4. The Hall–Kier alpha value is -7.04. The summed E-state index contributed by atoms with van der Waals surface area (Å²) < 4.78 is 72.1. The molecular weight excluding hydrogens is 1060 g/mol. The number of nitro groups is 1. The number of fused-ring (bicyclic) bond motifs is 3. The molecule has 26 nitrogen and oxygen atoms in total. The predicted octanol–water partition coefficient (Wildman–Crippen LogP) is 6.96. The van der Waals surface area contributed by atoms with E-state index in [4.69, 9.17) is 34.1 Å². The molecule has 398 valence electrons. The van der Waals surface area contributed by atoms with Crippen molar-refractivity contribution in [3.05, 3.63) is 128 Å². The standard InChI is InChI=1S/C47H44N5O21P3/c1-25(2)45(67-21-28-20-51(47-43(28)46(48)49-23-50-47)42-19-37(57)41(71-42)22-69-75(63,64)73-76(65,66)72-74(60,61)62)31-11-7-26(15-35(31)52(58)59)5-3-4-6-36(56)27-8-14-38(68-24-53)34(16-27)44-32-12-9-29(54)17-39(32)70-40-18-30(55)10-13-33(40)44/h7-18,20,23-25,37,41-42,45,54,57H,4,6,19,21-22H2,1-2H3,(H,63,64)(H,65,66)(H2,48,49,50)(H2,60,61,62)/t37?,41-,42-,45+/m1/s1. The number of nitrogens with zero attached hydrogens (tertiary/aromatic N) is 4. The number of aromatic nitrogens is 3. The first-order valence-corrected chi connectivity index (χ1v) is 27.0. The van der Waals surface area contributed by atoms with Crippen LogP contribution in [0, 0.1) is 27.9 Å². The number of nitro benzene ring substituents is 1. The number of benzene rings is 4. The number of rotatable bonds is 20. The minimum atomic E-state index is -5.80. The molecule has 3 aliphatic rings. The molecule has 5 aromatic rings. The normalized spacial score (nSPS) is 17.8. The van der Waals surface area contributed by atoms with Gasteiger partial charge < -0.3 is 58.7 Å². The Morgan fingerprint density at radius 2 is 1.78 bits per heavy atom. The molecular formula is C47H44N5O21P3. The molecule has 4 heterocycles. The van der Waals surface area contributed by atoms with Crippen LogP contribution in [0.2, 0.25) is 0 Å². The third-order valence-corrected chi connectivity index (χ3v) is 15.5. The first kappa shape index (κ1) is 55.2. The lowest BCUT2D eigenvalue weighted by Gasteiger charge is -2.22. The Kier molecular flexibility index (Phi) is 16.2. The summed E-state index contributed by atoms with van der Waals surface area (Å²) in [6.45, 7) is 2.68. The van der Waals surface area contributed by atoms with Gasteiger partial charge in [0.2, 0.25) is 0 Å². The molecule has 0 amide bonds. The number of hydrogen-bond donors (Lipinski definition) is 7. The number of phenolic OH excluding ortho intramolecular Hbond substituents is 1. The lowest BCUT2D eigenvalue weighted by molar-refractivity contribution is -0.386. The third-order valence-electron chi connectivity index (χ3n) is 11.7. The highest BCUT2D eigenvalue weighted by atomic mass is 31.3. The maximum Gasteiger partial charge on any atom is 0.490 e. The van der Waals surface area contributed by atoms with E-state index in [0.29, 0.717) is 33.0 Å². The molecule has 0 spiro atoms. The number of Topliss-reactive ketones (excluding diaryl/α,β-unsaturated/α-hetero) is 1. The van der Waals surface area contributed by atoms with E-state index >= 15 is 0 Å². The van der Waals surface area contributed by atoms with Gasteiger partial charge in [0.15, 0.2) is 11.2 Å². The zero-order chi connectivity index (χ0) is 54.9. The van der Waals surface area contributed by atoms with Gasteiger partial charge in [0.05, 0.1) is 41.3 Å². The molecule has 3 unspecified atom stereocenters. The number of carbonyl (C=O) groups excluding carboxylic acids is 2. The number of aromatic hydroxyl groups is 1. The second kappa shape index (κ2) is 22.3. The molecule has 2 aliphatic heterocycles. The maximum atomic E-state index is 13.7. The highest BCUT2D eigenvalue weighted by Crippen LogP contribution is 2.66. The van der Waals surface area contributed by atoms with E-state index in [1.54, 1.807) is 38.1 Å². The average Bonchev–Trinajstić information content (AvgIpc) is 3.91. The minimum Gasteiger partial charge on any atom is -0.508 e. The van der Waals surface area contributed by atoms with Gasteiger partial charge in [-0.25, -0.2) is 23.7 Å². The largest absolute Gasteiger partial charge is 0.508 e. The number of phosphoric acid groups is 3. The molecule has 1 fully saturated rings. The summed E-state index contributed by atoms with van der Waals surface area (Å²) in [4.78, 5) is 94.8. The third kappa shape index (κ3) is 12.6. The second-order valence-corrected chi connectivity index (χ2v) is 21.7. The first-order valence-electron chi connectivity index (χ1n) is 22.5. The Morgan fingerprint density at radius 1 is 1.00 bits per heavy atom. The Balaban J connectivity index is 0.965. The maximum absolute atomic E-state index is 13.7. The zero-order valence-electron chi connectivity index (χ0n) is 39.6. The SMILES string of the molecule is CC(C)[C@H](OCc1cn([C@H]2CC(O)[C@@H](COP(=O)(O)OP(=O)(O)OP(=O)(O)O)O2)c2ncnc(N)c12)c1ccc(C#CCCC(=O)c2ccc(OC=O)c(-c3c4ccc(=O)cc-4oc4cc(O)ccc34)c2)cc1[N+](=O)[O-]. The lowest BCUT2D eigenvalue weighted by atomic mass is 9.91. The number of nitrogens with two attached hydrogens (primary N) is 1. The van der Waals surface area contributed by atoms with Gasteiger partial charge in [0.25, 0.3) is 12.2 Å². The van der Waals surface area contributed by atoms with Crippen molar-refractivity contribution >= 4 is 69.2 Å². The average molecular weight is 1110 g/mol. The molecule has 1 aliphatic carbocycles. The molecule has 1 saturated heterocycles. The molecule has 2 aromatic heterocycles. The number of aliphatic hydroxyl groups is 1.